The molecule has 1 aromatic heterocycles. The number of benzene rings is 1. The Morgan fingerprint density at radius 3 is 2.64 bits per heavy atom. The Labute approximate surface area is 81.4 Å². The number of rotatable bonds is 2. The average molecular weight is 186 g/mol. The number of hydrogen-bond donors (Lipinski definition) is 1. The molecule has 14 heavy (non-hydrogen) atoms. The molecule has 2 rings (SSSR count). The lowest BCUT2D eigenvalue weighted by molar-refractivity contribution is 0.920. The summed E-state index contributed by atoms with van der Waals surface area (Å²) in [4.78, 5) is 11.3. The van der Waals surface area contributed by atoms with Gasteiger partial charge in [-0.1, -0.05) is 30.3 Å². The van der Waals surface area contributed by atoms with E-state index in [-0.39, 0.29) is 5.43 Å². The van der Waals surface area contributed by atoms with E-state index in [2.05, 4.69) is 10.2 Å². The van der Waals surface area contributed by atoms with Crippen molar-refractivity contribution in [2.24, 2.45) is 0 Å². The van der Waals surface area contributed by atoms with Gasteiger partial charge in [0.05, 0.1) is 0 Å². The quantitative estimate of drug-likeness (QED) is 0.769. The van der Waals surface area contributed by atoms with Crippen molar-refractivity contribution in [3.05, 3.63) is 64.1 Å². The maximum atomic E-state index is 11.3. The highest BCUT2D eigenvalue weighted by molar-refractivity contribution is 5.20. The largest absolute Gasteiger partial charge is 0.288 e. The topological polar surface area (TPSA) is 45.8 Å². The predicted octanol–water partition coefficient (Wildman–Crippen LogP) is 1.36. The number of H-pyrrole nitrogens is 1. The van der Waals surface area contributed by atoms with Crippen LogP contribution in [0.3, 0.4) is 0 Å². The Bertz CT molecular complexity index is 462. The number of nitrogens with one attached hydrogen (secondary N) is 1. The Hall–Kier alpha value is -1.90. The van der Waals surface area contributed by atoms with Crippen molar-refractivity contribution < 1.29 is 0 Å². The minimum absolute atomic E-state index is 0.0207. The summed E-state index contributed by atoms with van der Waals surface area (Å²) in [6.07, 6.45) is 2.12. The maximum Gasteiger partial charge on any atom is 0.203 e. The van der Waals surface area contributed by atoms with Crippen LogP contribution in [-0.2, 0) is 6.42 Å². The van der Waals surface area contributed by atoms with Crippen LogP contribution in [-0.4, -0.2) is 10.2 Å². The van der Waals surface area contributed by atoms with Crippen LogP contribution in [0.5, 0.6) is 0 Å². The maximum absolute atomic E-state index is 11.3. The predicted molar refractivity (Wildman–Crippen MR) is 54.1 cm³/mol. The lowest BCUT2D eigenvalue weighted by atomic mass is 10.1. The van der Waals surface area contributed by atoms with E-state index in [4.69, 9.17) is 0 Å². The molecule has 0 saturated heterocycles. The van der Waals surface area contributed by atoms with Gasteiger partial charge >= 0.3 is 0 Å². The molecule has 1 aromatic carbocycles. The number of hydrogen-bond acceptors (Lipinski definition) is 2. The zero-order valence-electron chi connectivity index (χ0n) is 7.60. The molecule has 0 atom stereocenters. The van der Waals surface area contributed by atoms with Gasteiger partial charge in [-0.05, 0) is 5.56 Å². The zero-order chi connectivity index (χ0) is 9.80. The number of nitrogens with zero attached hydrogens (tertiary/aromatic N) is 1. The van der Waals surface area contributed by atoms with Crippen molar-refractivity contribution in [1.29, 1.82) is 0 Å². The van der Waals surface area contributed by atoms with Gasteiger partial charge in [-0.3, -0.25) is 9.89 Å². The number of aromatic amines is 1. The average Bonchev–Trinajstić information content (AvgIpc) is 2.23. The lowest BCUT2D eigenvalue weighted by Gasteiger charge is -1.98. The molecule has 70 valence electrons. The number of aromatic nitrogens is 2. The molecular weight excluding hydrogens is 176 g/mol. The summed E-state index contributed by atoms with van der Waals surface area (Å²) in [5.41, 5.74) is 1.63. The van der Waals surface area contributed by atoms with E-state index in [9.17, 15) is 4.79 Å². The normalized spacial score (nSPS) is 10.0. The first-order chi connectivity index (χ1) is 6.86. The summed E-state index contributed by atoms with van der Waals surface area (Å²) in [7, 11) is 0. The smallest absolute Gasteiger partial charge is 0.203 e. The van der Waals surface area contributed by atoms with E-state index in [0.717, 1.165) is 5.56 Å². The first-order valence-corrected chi connectivity index (χ1v) is 4.43. The fraction of sp³-hybridized carbons (Fsp3) is 0.0909. The van der Waals surface area contributed by atoms with Crippen LogP contribution in [0.2, 0.25) is 0 Å². The SMILES string of the molecule is O=c1cc[nH]nc1Cc1ccccc1. The van der Waals surface area contributed by atoms with E-state index in [1.165, 1.54) is 12.3 Å². The van der Waals surface area contributed by atoms with E-state index < -0.39 is 0 Å². The van der Waals surface area contributed by atoms with Gasteiger partial charge in [-0.15, -0.1) is 0 Å². The molecule has 0 aliphatic heterocycles. The third-order valence-electron chi connectivity index (χ3n) is 2.01. The van der Waals surface area contributed by atoms with Crippen LogP contribution in [0, 0.1) is 0 Å². The van der Waals surface area contributed by atoms with Crippen LogP contribution in [0.15, 0.2) is 47.4 Å². The van der Waals surface area contributed by atoms with Crippen molar-refractivity contribution in [3.63, 3.8) is 0 Å². The standard InChI is InChI=1S/C11H10N2O/c14-11-6-7-12-13-10(11)8-9-4-2-1-3-5-9/h1-7H,8H2,(H,12,14). The molecule has 0 radical (unpaired) electrons. The highest BCUT2D eigenvalue weighted by atomic mass is 16.1. The van der Waals surface area contributed by atoms with Gasteiger partial charge in [0.1, 0.15) is 5.69 Å². The zero-order valence-corrected chi connectivity index (χ0v) is 7.60. The molecule has 0 aliphatic rings. The molecule has 1 N–H and O–H groups in total. The second kappa shape index (κ2) is 3.87. The summed E-state index contributed by atoms with van der Waals surface area (Å²) in [6.45, 7) is 0. The molecule has 0 saturated carbocycles. The van der Waals surface area contributed by atoms with Crippen LogP contribution >= 0.6 is 0 Å². The Morgan fingerprint density at radius 2 is 1.93 bits per heavy atom. The van der Waals surface area contributed by atoms with Crippen LogP contribution in [0.4, 0.5) is 0 Å². The monoisotopic (exact) mass is 186 g/mol. The molecule has 0 aliphatic carbocycles. The van der Waals surface area contributed by atoms with E-state index in [1.807, 2.05) is 30.3 Å². The summed E-state index contributed by atoms with van der Waals surface area (Å²) in [6, 6.07) is 11.3. The van der Waals surface area contributed by atoms with Gasteiger partial charge in [-0.2, -0.15) is 5.10 Å². The van der Waals surface area contributed by atoms with Gasteiger partial charge in [-0.25, -0.2) is 0 Å². The third-order valence-corrected chi connectivity index (χ3v) is 2.01. The Morgan fingerprint density at radius 1 is 1.14 bits per heavy atom. The molecule has 2 aromatic rings. The molecule has 1 heterocycles. The molecule has 0 spiro atoms. The van der Waals surface area contributed by atoms with E-state index >= 15 is 0 Å². The van der Waals surface area contributed by atoms with Gasteiger partial charge in [0.15, 0.2) is 0 Å². The fourth-order valence-corrected chi connectivity index (χ4v) is 1.30. The van der Waals surface area contributed by atoms with Crippen LogP contribution < -0.4 is 5.43 Å². The minimum atomic E-state index is -0.0207. The van der Waals surface area contributed by atoms with Crippen molar-refractivity contribution in [1.82, 2.24) is 10.2 Å². The molecule has 0 amide bonds. The molecule has 3 heteroatoms. The Balaban J connectivity index is 2.28. The lowest BCUT2D eigenvalue weighted by Crippen LogP contribution is -2.11. The van der Waals surface area contributed by atoms with E-state index in [1.54, 1.807) is 0 Å². The summed E-state index contributed by atoms with van der Waals surface area (Å²) >= 11 is 0. The second-order valence-corrected chi connectivity index (χ2v) is 3.05. The first-order valence-electron chi connectivity index (χ1n) is 4.43. The highest BCUT2D eigenvalue weighted by Gasteiger charge is 2.00. The van der Waals surface area contributed by atoms with Gasteiger partial charge in [0.25, 0.3) is 0 Å². The molecule has 0 fully saturated rings. The molecular formula is C11H10N2O. The third kappa shape index (κ3) is 1.88. The first kappa shape index (κ1) is 8.69. The minimum Gasteiger partial charge on any atom is -0.288 e. The molecule has 0 unspecified atom stereocenters. The molecule has 3 nitrogen and oxygen atoms in total. The second-order valence-electron chi connectivity index (χ2n) is 3.05. The Kier molecular flexibility index (Phi) is 2.40. The van der Waals surface area contributed by atoms with Crippen molar-refractivity contribution in [2.75, 3.05) is 0 Å². The summed E-state index contributed by atoms with van der Waals surface area (Å²) in [5, 5.41) is 6.61. The van der Waals surface area contributed by atoms with Crippen molar-refractivity contribution in [2.45, 2.75) is 6.42 Å². The highest BCUT2D eigenvalue weighted by Crippen LogP contribution is 2.02. The van der Waals surface area contributed by atoms with Crippen LogP contribution in [0.25, 0.3) is 0 Å². The fourth-order valence-electron chi connectivity index (χ4n) is 1.30. The van der Waals surface area contributed by atoms with Crippen molar-refractivity contribution in [3.8, 4) is 0 Å². The van der Waals surface area contributed by atoms with Gasteiger partial charge < -0.3 is 0 Å². The van der Waals surface area contributed by atoms with E-state index in [0.29, 0.717) is 12.1 Å². The van der Waals surface area contributed by atoms with Crippen LogP contribution in [0.1, 0.15) is 11.3 Å². The summed E-state index contributed by atoms with van der Waals surface area (Å²) in [5.74, 6) is 0. The van der Waals surface area contributed by atoms with Gasteiger partial charge in [0, 0.05) is 18.7 Å². The van der Waals surface area contributed by atoms with Crippen molar-refractivity contribution >= 4 is 0 Å². The summed E-state index contributed by atoms with van der Waals surface area (Å²) < 4.78 is 0. The van der Waals surface area contributed by atoms with Gasteiger partial charge in [0.2, 0.25) is 5.43 Å². The molecule has 0 bridgehead atoms.